The summed E-state index contributed by atoms with van der Waals surface area (Å²) in [5.41, 5.74) is 2.59. The van der Waals surface area contributed by atoms with Gasteiger partial charge in [0.15, 0.2) is 5.78 Å². The Hall–Kier alpha value is -3.37. The first-order valence-corrected chi connectivity index (χ1v) is 17.3. The number of carbonyl (C=O) groups is 3. The molecule has 2 amide bonds. The standard InChI is InChI=1S/C37H39Cl4N3O5/c1-37(2,3)49-36(47)43-14-16-48-15-13-42-33(21-24-7-5-4-6-8-24)35(46)44-22-27(17-25-9-11-29(38)31(40)19-25)34(45)28(23-44)18-26-10-12-30(39)32(41)20-26/h4-12,17-20,33,42H,13-16,21-23H2,1-3H3,(H,43,47)/b27-17+,28-18+/t33-/m0/s1. The van der Waals surface area contributed by atoms with Crippen LogP contribution in [0.5, 0.6) is 0 Å². The van der Waals surface area contributed by atoms with E-state index < -0.39 is 17.7 Å². The number of benzene rings is 3. The monoisotopic (exact) mass is 745 g/mol. The lowest BCUT2D eigenvalue weighted by atomic mass is 9.93. The van der Waals surface area contributed by atoms with Gasteiger partial charge in [-0.1, -0.05) is 88.9 Å². The lowest BCUT2D eigenvalue weighted by Gasteiger charge is -2.33. The molecule has 0 spiro atoms. The zero-order valence-electron chi connectivity index (χ0n) is 27.5. The lowest BCUT2D eigenvalue weighted by molar-refractivity contribution is -0.133. The number of hydrogen-bond acceptors (Lipinski definition) is 6. The van der Waals surface area contributed by atoms with E-state index in [9.17, 15) is 14.4 Å². The van der Waals surface area contributed by atoms with Gasteiger partial charge in [0, 0.05) is 37.3 Å². The smallest absolute Gasteiger partial charge is 0.407 e. The highest BCUT2D eigenvalue weighted by Gasteiger charge is 2.33. The van der Waals surface area contributed by atoms with E-state index >= 15 is 0 Å². The second-order valence-corrected chi connectivity index (χ2v) is 14.1. The molecule has 1 aliphatic rings. The van der Waals surface area contributed by atoms with Gasteiger partial charge in [0.05, 0.1) is 39.3 Å². The molecular weight excluding hydrogens is 708 g/mol. The number of ether oxygens (including phenoxy) is 2. The number of piperidine rings is 1. The Morgan fingerprint density at radius 1 is 0.816 bits per heavy atom. The summed E-state index contributed by atoms with van der Waals surface area (Å²) in [5, 5.41) is 7.51. The van der Waals surface area contributed by atoms with Crippen molar-refractivity contribution in [3.63, 3.8) is 0 Å². The Morgan fingerprint density at radius 3 is 1.90 bits per heavy atom. The Bertz CT molecular complexity index is 1630. The fourth-order valence-electron chi connectivity index (χ4n) is 5.07. The third-order valence-electron chi connectivity index (χ3n) is 7.32. The molecule has 1 saturated heterocycles. The normalized spacial score (nSPS) is 15.8. The van der Waals surface area contributed by atoms with Crippen molar-refractivity contribution in [2.75, 3.05) is 39.4 Å². The van der Waals surface area contributed by atoms with Crippen molar-refractivity contribution in [3.05, 3.63) is 115 Å². The van der Waals surface area contributed by atoms with Crippen LogP contribution in [0.25, 0.3) is 12.2 Å². The number of amides is 2. The molecule has 1 heterocycles. The van der Waals surface area contributed by atoms with E-state index in [0.717, 1.165) is 5.56 Å². The van der Waals surface area contributed by atoms with Crippen LogP contribution in [-0.2, 0) is 25.5 Å². The average molecular weight is 748 g/mol. The van der Waals surface area contributed by atoms with Gasteiger partial charge in [-0.05, 0) is 80.3 Å². The highest BCUT2D eigenvalue weighted by atomic mass is 35.5. The first-order chi connectivity index (χ1) is 23.3. The van der Waals surface area contributed by atoms with Crippen LogP contribution in [0.4, 0.5) is 4.79 Å². The molecule has 12 heteroatoms. The van der Waals surface area contributed by atoms with Gasteiger partial charge in [-0.25, -0.2) is 4.79 Å². The number of likely N-dealkylation sites (tertiary alicyclic amines) is 1. The van der Waals surface area contributed by atoms with Gasteiger partial charge in [0.25, 0.3) is 0 Å². The van der Waals surface area contributed by atoms with E-state index in [-0.39, 0.29) is 37.9 Å². The quantitative estimate of drug-likeness (QED) is 0.145. The van der Waals surface area contributed by atoms with Crippen LogP contribution in [0.3, 0.4) is 0 Å². The minimum Gasteiger partial charge on any atom is -0.444 e. The first kappa shape index (κ1) is 38.4. The van der Waals surface area contributed by atoms with Crippen molar-refractivity contribution in [2.45, 2.75) is 38.8 Å². The number of halogens is 4. The summed E-state index contributed by atoms with van der Waals surface area (Å²) in [6.45, 7) is 6.81. The molecule has 0 aromatic heterocycles. The van der Waals surface area contributed by atoms with E-state index in [1.165, 1.54) is 0 Å². The summed E-state index contributed by atoms with van der Waals surface area (Å²) in [7, 11) is 0. The van der Waals surface area contributed by atoms with E-state index in [4.69, 9.17) is 55.9 Å². The number of nitrogens with one attached hydrogen (secondary N) is 2. The number of alkyl carbamates (subject to hydrolysis) is 1. The largest absolute Gasteiger partial charge is 0.444 e. The molecule has 0 unspecified atom stereocenters. The van der Waals surface area contributed by atoms with Gasteiger partial charge >= 0.3 is 6.09 Å². The maximum atomic E-state index is 14.3. The highest BCUT2D eigenvalue weighted by molar-refractivity contribution is 6.42. The molecule has 4 rings (SSSR count). The summed E-state index contributed by atoms with van der Waals surface area (Å²) in [6, 6.07) is 19.3. The Kier molecular flexibility index (Phi) is 14.1. The highest BCUT2D eigenvalue weighted by Crippen LogP contribution is 2.28. The predicted octanol–water partition coefficient (Wildman–Crippen LogP) is 7.92. The predicted molar refractivity (Wildman–Crippen MR) is 197 cm³/mol. The molecule has 1 aliphatic heterocycles. The SMILES string of the molecule is CC(C)(C)OC(=O)NCCOCCN[C@@H](Cc1ccccc1)C(=O)N1C/C(=C\c2ccc(Cl)c(Cl)c2)C(=O)/C(=C/c2ccc(Cl)c(Cl)c2)C1. The van der Waals surface area contributed by atoms with Crippen molar-refractivity contribution in [1.29, 1.82) is 0 Å². The summed E-state index contributed by atoms with van der Waals surface area (Å²) in [4.78, 5) is 41.6. The van der Waals surface area contributed by atoms with Crippen molar-refractivity contribution in [1.82, 2.24) is 15.5 Å². The number of rotatable bonds is 12. The van der Waals surface area contributed by atoms with Crippen LogP contribution in [0.2, 0.25) is 20.1 Å². The van der Waals surface area contributed by atoms with Gasteiger partial charge in [-0.3, -0.25) is 9.59 Å². The molecule has 0 radical (unpaired) electrons. The second-order valence-electron chi connectivity index (χ2n) is 12.4. The third-order valence-corrected chi connectivity index (χ3v) is 8.80. The maximum Gasteiger partial charge on any atom is 0.407 e. The van der Waals surface area contributed by atoms with Gasteiger partial charge in [-0.2, -0.15) is 0 Å². The van der Waals surface area contributed by atoms with Crippen molar-refractivity contribution in [2.24, 2.45) is 0 Å². The first-order valence-electron chi connectivity index (χ1n) is 15.8. The summed E-state index contributed by atoms with van der Waals surface area (Å²) < 4.78 is 10.9. The fourth-order valence-corrected chi connectivity index (χ4v) is 5.68. The topological polar surface area (TPSA) is 97.0 Å². The zero-order valence-corrected chi connectivity index (χ0v) is 30.6. The lowest BCUT2D eigenvalue weighted by Crippen LogP contribution is -2.52. The molecule has 0 bridgehead atoms. The van der Waals surface area contributed by atoms with Crippen LogP contribution in [0.15, 0.2) is 77.9 Å². The van der Waals surface area contributed by atoms with E-state index in [2.05, 4.69) is 10.6 Å². The van der Waals surface area contributed by atoms with Crippen LogP contribution in [0, 0.1) is 0 Å². The molecule has 49 heavy (non-hydrogen) atoms. The van der Waals surface area contributed by atoms with E-state index in [1.807, 2.05) is 30.3 Å². The van der Waals surface area contributed by atoms with Crippen LogP contribution in [0.1, 0.15) is 37.5 Å². The molecular formula is C37H39Cl4N3O5. The molecule has 1 fully saturated rings. The number of Topliss-reactive ketones (excluding diaryl/α,β-unsaturated/α-hetero) is 1. The molecule has 260 valence electrons. The van der Waals surface area contributed by atoms with Gasteiger partial charge in [0.2, 0.25) is 5.91 Å². The van der Waals surface area contributed by atoms with Crippen LogP contribution < -0.4 is 10.6 Å². The molecule has 2 N–H and O–H groups in total. The fraction of sp³-hybridized carbons (Fsp3) is 0.324. The Labute approximate surface area is 307 Å². The summed E-state index contributed by atoms with van der Waals surface area (Å²) in [6.07, 6.45) is 3.36. The van der Waals surface area contributed by atoms with Crippen LogP contribution >= 0.6 is 46.4 Å². The van der Waals surface area contributed by atoms with E-state index in [0.29, 0.717) is 61.9 Å². The van der Waals surface area contributed by atoms with Crippen molar-refractivity contribution < 1.29 is 23.9 Å². The summed E-state index contributed by atoms with van der Waals surface area (Å²) >= 11 is 24.8. The minimum atomic E-state index is -0.614. The van der Waals surface area contributed by atoms with Crippen LogP contribution in [-0.4, -0.2) is 73.7 Å². The molecule has 0 aliphatic carbocycles. The summed E-state index contributed by atoms with van der Waals surface area (Å²) in [5.74, 6) is -0.370. The van der Waals surface area contributed by atoms with Gasteiger partial charge in [-0.15, -0.1) is 0 Å². The van der Waals surface area contributed by atoms with E-state index in [1.54, 1.807) is 74.2 Å². The number of nitrogens with zero attached hydrogens (tertiary/aromatic N) is 1. The van der Waals surface area contributed by atoms with Crippen molar-refractivity contribution >= 4 is 76.3 Å². The van der Waals surface area contributed by atoms with Crippen molar-refractivity contribution in [3.8, 4) is 0 Å². The third kappa shape index (κ3) is 12.2. The number of ketones is 1. The molecule has 0 saturated carbocycles. The second kappa shape index (κ2) is 18.0. The Balaban J connectivity index is 1.52. The molecule has 1 atom stereocenters. The molecule has 3 aromatic carbocycles. The minimum absolute atomic E-state index is 0.0937. The Morgan fingerprint density at radius 2 is 1.37 bits per heavy atom. The van der Waals surface area contributed by atoms with Gasteiger partial charge in [0.1, 0.15) is 5.60 Å². The number of hydrogen-bond donors (Lipinski definition) is 2. The molecule has 8 nitrogen and oxygen atoms in total. The zero-order chi connectivity index (χ0) is 35.6. The van der Waals surface area contributed by atoms with Gasteiger partial charge < -0.3 is 25.0 Å². The maximum absolute atomic E-state index is 14.3. The molecule has 3 aromatic rings. The average Bonchev–Trinajstić information content (AvgIpc) is 3.04. The number of carbonyl (C=O) groups excluding carboxylic acids is 3.